The Hall–Kier alpha value is -0.860. The smallest absolute Gasteiger partial charge is 0.211 e. The van der Waals surface area contributed by atoms with Crippen molar-refractivity contribution in [3.05, 3.63) is 12.7 Å². The fourth-order valence-corrected chi connectivity index (χ4v) is 1.83. The summed E-state index contributed by atoms with van der Waals surface area (Å²) in [5.41, 5.74) is 0. The summed E-state index contributed by atoms with van der Waals surface area (Å²) in [6, 6.07) is 1.62. The fraction of sp³-hybridized carbons (Fsp3) is 0.571. The van der Waals surface area contributed by atoms with Crippen LogP contribution in [0.25, 0.3) is 0 Å². The zero-order valence-electron chi connectivity index (χ0n) is 7.02. The SMILES string of the molecule is C=CCN(CC)S(=O)(=O)CC#N. The van der Waals surface area contributed by atoms with Crippen molar-refractivity contribution in [3.63, 3.8) is 0 Å². The van der Waals surface area contributed by atoms with E-state index in [0.717, 1.165) is 0 Å². The van der Waals surface area contributed by atoms with Crippen LogP contribution in [0.4, 0.5) is 0 Å². The summed E-state index contributed by atoms with van der Waals surface area (Å²) < 4.78 is 23.6. The molecule has 0 atom stereocenters. The van der Waals surface area contributed by atoms with Crippen LogP contribution in [0.15, 0.2) is 12.7 Å². The first-order valence-electron chi connectivity index (χ1n) is 3.54. The standard InChI is InChI=1S/C7H12N2O2S/c1-3-6-9(4-2)12(10,11)7-5-8/h3H,1,4,6-7H2,2H3. The molecule has 0 aromatic carbocycles. The van der Waals surface area contributed by atoms with Crippen LogP contribution >= 0.6 is 0 Å². The van der Waals surface area contributed by atoms with Gasteiger partial charge < -0.3 is 0 Å². The van der Waals surface area contributed by atoms with E-state index in [4.69, 9.17) is 5.26 Å². The van der Waals surface area contributed by atoms with Gasteiger partial charge in [0.2, 0.25) is 10.0 Å². The minimum absolute atomic E-state index is 0.264. The van der Waals surface area contributed by atoms with Gasteiger partial charge in [-0.2, -0.15) is 9.57 Å². The number of hydrogen-bond acceptors (Lipinski definition) is 3. The molecule has 0 aliphatic rings. The summed E-state index contributed by atoms with van der Waals surface area (Å²) in [7, 11) is -3.38. The van der Waals surface area contributed by atoms with Crippen molar-refractivity contribution in [2.45, 2.75) is 6.92 Å². The molecule has 0 aliphatic heterocycles. The first-order chi connectivity index (χ1) is 5.58. The summed E-state index contributed by atoms with van der Waals surface area (Å²) in [4.78, 5) is 0. The highest BCUT2D eigenvalue weighted by Crippen LogP contribution is 1.99. The molecular formula is C7H12N2O2S. The number of likely N-dealkylation sites (N-methyl/N-ethyl adjacent to an activating group) is 1. The van der Waals surface area contributed by atoms with E-state index >= 15 is 0 Å². The molecule has 0 saturated carbocycles. The van der Waals surface area contributed by atoms with E-state index in [0.29, 0.717) is 6.54 Å². The van der Waals surface area contributed by atoms with E-state index in [1.165, 1.54) is 10.4 Å². The second kappa shape index (κ2) is 4.91. The van der Waals surface area contributed by atoms with E-state index in [9.17, 15) is 8.42 Å². The van der Waals surface area contributed by atoms with Crippen molar-refractivity contribution in [2.24, 2.45) is 0 Å². The Balaban J connectivity index is 4.50. The molecule has 0 spiro atoms. The molecular weight excluding hydrogens is 176 g/mol. The van der Waals surface area contributed by atoms with Gasteiger partial charge in [-0.25, -0.2) is 8.42 Å². The van der Waals surface area contributed by atoms with E-state index in [1.54, 1.807) is 13.0 Å². The third kappa shape index (κ3) is 3.03. The van der Waals surface area contributed by atoms with Gasteiger partial charge in [-0.1, -0.05) is 13.0 Å². The van der Waals surface area contributed by atoms with Gasteiger partial charge in [-0.15, -0.1) is 6.58 Å². The molecule has 0 rings (SSSR count). The Morgan fingerprint density at radius 2 is 2.25 bits per heavy atom. The molecule has 68 valence electrons. The first kappa shape index (κ1) is 11.1. The van der Waals surface area contributed by atoms with Crippen molar-refractivity contribution < 1.29 is 8.42 Å². The maximum atomic E-state index is 11.2. The number of nitriles is 1. The van der Waals surface area contributed by atoms with Crippen LogP contribution < -0.4 is 0 Å². The Labute approximate surface area is 73.2 Å². The van der Waals surface area contributed by atoms with Crippen LogP contribution in [0.1, 0.15) is 6.92 Å². The largest absolute Gasteiger partial charge is 0.227 e. The van der Waals surface area contributed by atoms with Gasteiger partial charge in [-0.05, 0) is 0 Å². The van der Waals surface area contributed by atoms with Gasteiger partial charge in [0, 0.05) is 13.1 Å². The van der Waals surface area contributed by atoms with Gasteiger partial charge in [-0.3, -0.25) is 0 Å². The maximum absolute atomic E-state index is 11.2. The monoisotopic (exact) mass is 188 g/mol. The minimum atomic E-state index is -3.38. The lowest BCUT2D eigenvalue weighted by Gasteiger charge is -2.15. The molecule has 0 unspecified atom stereocenters. The first-order valence-corrected chi connectivity index (χ1v) is 5.15. The van der Waals surface area contributed by atoms with Gasteiger partial charge in [0.15, 0.2) is 5.75 Å². The zero-order chi connectivity index (χ0) is 9.61. The number of hydrogen-bond donors (Lipinski definition) is 0. The van der Waals surface area contributed by atoms with Crippen molar-refractivity contribution in [1.29, 1.82) is 5.26 Å². The van der Waals surface area contributed by atoms with Crippen LogP contribution in [0.2, 0.25) is 0 Å². The van der Waals surface area contributed by atoms with Crippen LogP contribution in [-0.2, 0) is 10.0 Å². The Morgan fingerprint density at radius 1 is 1.67 bits per heavy atom. The Kier molecular flexibility index (Phi) is 4.55. The zero-order valence-corrected chi connectivity index (χ0v) is 7.84. The average Bonchev–Trinajstić information content (AvgIpc) is 1.99. The lowest BCUT2D eigenvalue weighted by Crippen LogP contribution is -2.32. The number of sulfonamides is 1. The molecule has 0 aromatic heterocycles. The summed E-state index contributed by atoms with van der Waals surface area (Å²) >= 11 is 0. The molecule has 0 fully saturated rings. The maximum Gasteiger partial charge on any atom is 0.227 e. The van der Waals surface area contributed by atoms with Crippen molar-refractivity contribution in [1.82, 2.24) is 4.31 Å². The van der Waals surface area contributed by atoms with Gasteiger partial charge in [0.05, 0.1) is 6.07 Å². The molecule has 0 amide bonds. The quantitative estimate of drug-likeness (QED) is 0.585. The van der Waals surface area contributed by atoms with Gasteiger partial charge in [0.25, 0.3) is 0 Å². The Morgan fingerprint density at radius 3 is 2.58 bits per heavy atom. The highest BCUT2D eigenvalue weighted by atomic mass is 32.2. The van der Waals surface area contributed by atoms with Crippen molar-refractivity contribution in [2.75, 3.05) is 18.8 Å². The lowest BCUT2D eigenvalue weighted by atomic mass is 10.6. The molecule has 0 aliphatic carbocycles. The highest BCUT2D eigenvalue weighted by molar-refractivity contribution is 7.89. The van der Waals surface area contributed by atoms with Gasteiger partial charge >= 0.3 is 0 Å². The fourth-order valence-electron chi connectivity index (χ4n) is 0.756. The van der Waals surface area contributed by atoms with E-state index < -0.39 is 15.8 Å². The molecule has 5 heteroatoms. The van der Waals surface area contributed by atoms with E-state index in [1.807, 2.05) is 0 Å². The normalized spacial score (nSPS) is 11.1. The predicted molar refractivity (Wildman–Crippen MR) is 46.8 cm³/mol. The molecule has 0 N–H and O–H groups in total. The van der Waals surface area contributed by atoms with Gasteiger partial charge in [0.1, 0.15) is 0 Å². The molecule has 12 heavy (non-hydrogen) atoms. The van der Waals surface area contributed by atoms with Crippen LogP contribution in [0.5, 0.6) is 0 Å². The summed E-state index contributed by atoms with van der Waals surface area (Å²) in [6.07, 6.45) is 1.50. The highest BCUT2D eigenvalue weighted by Gasteiger charge is 2.17. The second-order valence-electron chi connectivity index (χ2n) is 2.15. The Bertz CT molecular complexity index is 276. The third-order valence-corrected chi connectivity index (χ3v) is 3.01. The molecule has 0 heterocycles. The molecule has 0 saturated heterocycles. The minimum Gasteiger partial charge on any atom is -0.211 e. The van der Waals surface area contributed by atoms with Crippen LogP contribution in [0, 0.1) is 11.3 Å². The summed E-state index contributed by atoms with van der Waals surface area (Å²) in [6.45, 7) is 5.79. The average molecular weight is 188 g/mol. The molecule has 0 aromatic rings. The topological polar surface area (TPSA) is 61.2 Å². The van der Waals surface area contributed by atoms with E-state index in [2.05, 4.69) is 6.58 Å². The van der Waals surface area contributed by atoms with Crippen LogP contribution in [-0.4, -0.2) is 31.6 Å². The van der Waals surface area contributed by atoms with E-state index in [-0.39, 0.29) is 6.54 Å². The molecule has 0 radical (unpaired) electrons. The third-order valence-electron chi connectivity index (χ3n) is 1.33. The second-order valence-corrected chi connectivity index (χ2v) is 4.12. The molecule has 0 bridgehead atoms. The molecule has 4 nitrogen and oxygen atoms in total. The van der Waals surface area contributed by atoms with Crippen molar-refractivity contribution >= 4 is 10.0 Å². The summed E-state index contributed by atoms with van der Waals surface area (Å²) in [5.74, 6) is -0.464. The summed E-state index contributed by atoms with van der Waals surface area (Å²) in [5, 5.41) is 8.23. The predicted octanol–water partition coefficient (Wildman–Crippen LogP) is 0.348. The number of rotatable bonds is 5. The number of nitrogens with zero attached hydrogens (tertiary/aromatic N) is 2. The van der Waals surface area contributed by atoms with Crippen molar-refractivity contribution in [3.8, 4) is 6.07 Å². The van der Waals surface area contributed by atoms with Crippen LogP contribution in [0.3, 0.4) is 0 Å². The lowest BCUT2D eigenvalue weighted by molar-refractivity contribution is 0.463.